The Kier molecular flexibility index (Phi) is 3.41. The van der Waals surface area contributed by atoms with Gasteiger partial charge in [-0.05, 0) is 71.8 Å². The van der Waals surface area contributed by atoms with Crippen molar-refractivity contribution in [2.45, 2.75) is 19.3 Å². The fourth-order valence-corrected chi connectivity index (χ4v) is 6.15. The van der Waals surface area contributed by atoms with Gasteiger partial charge in [-0.15, -0.1) is 0 Å². The molecule has 0 bridgehead atoms. The van der Waals surface area contributed by atoms with Crippen molar-refractivity contribution in [3.63, 3.8) is 0 Å². The van der Waals surface area contributed by atoms with Crippen molar-refractivity contribution in [2.75, 3.05) is 0 Å². The van der Waals surface area contributed by atoms with E-state index in [1.807, 2.05) is 0 Å². The summed E-state index contributed by atoms with van der Waals surface area (Å²) in [6.45, 7) is 2.34. The highest BCUT2D eigenvalue weighted by molar-refractivity contribution is 6.25. The van der Waals surface area contributed by atoms with Crippen LogP contribution in [0.1, 0.15) is 30.4 Å². The van der Waals surface area contributed by atoms with E-state index in [9.17, 15) is 0 Å². The predicted molar refractivity (Wildman–Crippen MR) is 134 cm³/mol. The third-order valence-electron chi connectivity index (χ3n) is 7.30. The molecule has 0 atom stereocenters. The Bertz CT molecular complexity index is 1540. The zero-order chi connectivity index (χ0) is 20.5. The van der Waals surface area contributed by atoms with E-state index in [2.05, 4.69) is 104 Å². The van der Waals surface area contributed by atoms with Crippen LogP contribution in [-0.4, -0.2) is 0 Å². The molecular weight excluding hydrogens is 372 g/mol. The molecule has 7 rings (SSSR count). The largest absolute Gasteiger partial charge is 0.0645 e. The summed E-state index contributed by atoms with van der Waals surface area (Å²) in [5.41, 5.74) is 5.96. The number of hydrogen-bond donors (Lipinski definition) is 0. The van der Waals surface area contributed by atoms with Gasteiger partial charge in [-0.25, -0.2) is 0 Å². The Morgan fingerprint density at radius 2 is 0.710 bits per heavy atom. The highest BCUT2D eigenvalue weighted by atomic mass is 14.4. The molecule has 6 aromatic rings. The van der Waals surface area contributed by atoms with E-state index in [0.29, 0.717) is 5.92 Å². The number of fused-ring (bicyclic) bond motifs is 13. The molecule has 0 aromatic heterocycles. The van der Waals surface area contributed by atoms with Gasteiger partial charge in [0, 0.05) is 5.92 Å². The minimum atomic E-state index is 0.411. The quantitative estimate of drug-likeness (QED) is 0.244. The normalized spacial score (nSPS) is 13.3. The third-order valence-corrected chi connectivity index (χ3v) is 7.30. The number of hydrogen-bond acceptors (Lipinski definition) is 0. The highest BCUT2D eigenvalue weighted by Gasteiger charge is 2.34. The summed E-state index contributed by atoms with van der Waals surface area (Å²) in [6, 6.07) is 36.0. The first-order chi connectivity index (χ1) is 15.4. The van der Waals surface area contributed by atoms with Crippen molar-refractivity contribution in [3.8, 4) is 11.1 Å². The van der Waals surface area contributed by atoms with Crippen LogP contribution in [0.4, 0.5) is 0 Å². The van der Waals surface area contributed by atoms with Gasteiger partial charge in [-0.1, -0.05) is 104 Å². The Morgan fingerprint density at radius 3 is 1.06 bits per heavy atom. The van der Waals surface area contributed by atoms with Crippen molar-refractivity contribution < 1.29 is 0 Å². The smallest absolute Gasteiger partial charge is 0.0112 e. The molecule has 0 fully saturated rings. The number of benzene rings is 6. The molecule has 1 aliphatic carbocycles. The van der Waals surface area contributed by atoms with E-state index in [0.717, 1.165) is 6.42 Å². The fourth-order valence-electron chi connectivity index (χ4n) is 6.15. The van der Waals surface area contributed by atoms with Crippen LogP contribution in [0.15, 0.2) is 97.1 Å². The molecule has 1 aliphatic rings. The lowest BCUT2D eigenvalue weighted by Gasteiger charge is -2.17. The van der Waals surface area contributed by atoms with Crippen LogP contribution in [0.3, 0.4) is 0 Å². The summed E-state index contributed by atoms with van der Waals surface area (Å²) in [6.07, 6.45) is 1.10. The summed E-state index contributed by atoms with van der Waals surface area (Å²) in [7, 11) is 0. The Hall–Kier alpha value is -3.64. The molecule has 0 heteroatoms. The van der Waals surface area contributed by atoms with Crippen LogP contribution >= 0.6 is 0 Å². The Morgan fingerprint density at radius 1 is 0.419 bits per heavy atom. The molecule has 0 spiro atoms. The van der Waals surface area contributed by atoms with Crippen molar-refractivity contribution in [1.82, 2.24) is 0 Å². The van der Waals surface area contributed by atoms with E-state index in [1.54, 1.807) is 0 Å². The molecule has 0 aliphatic heterocycles. The minimum Gasteiger partial charge on any atom is -0.0645 e. The van der Waals surface area contributed by atoms with Crippen LogP contribution in [0.25, 0.3) is 54.2 Å². The second-order valence-corrected chi connectivity index (χ2v) is 8.72. The van der Waals surface area contributed by atoms with Crippen molar-refractivity contribution in [1.29, 1.82) is 0 Å². The maximum atomic E-state index is 2.34. The molecule has 0 unspecified atom stereocenters. The molecular formula is C31H22. The zero-order valence-corrected chi connectivity index (χ0v) is 17.5. The Labute approximate surface area is 181 Å². The van der Waals surface area contributed by atoms with E-state index in [4.69, 9.17) is 0 Å². The van der Waals surface area contributed by atoms with E-state index < -0.39 is 0 Å². The highest BCUT2D eigenvalue weighted by Crippen LogP contribution is 2.57. The molecule has 0 radical (unpaired) electrons. The van der Waals surface area contributed by atoms with Crippen LogP contribution in [-0.2, 0) is 0 Å². The Balaban J connectivity index is 1.83. The van der Waals surface area contributed by atoms with Crippen LogP contribution in [0.5, 0.6) is 0 Å². The summed E-state index contributed by atoms with van der Waals surface area (Å²) in [5.74, 6) is 0.411. The van der Waals surface area contributed by atoms with Gasteiger partial charge < -0.3 is 0 Å². The zero-order valence-electron chi connectivity index (χ0n) is 17.5. The first-order valence-corrected chi connectivity index (χ1v) is 11.3. The van der Waals surface area contributed by atoms with Gasteiger partial charge in [0.05, 0.1) is 0 Å². The van der Waals surface area contributed by atoms with Gasteiger partial charge in [0.25, 0.3) is 0 Å². The van der Waals surface area contributed by atoms with Gasteiger partial charge in [-0.2, -0.15) is 0 Å². The monoisotopic (exact) mass is 394 g/mol. The standard InChI is InChI=1S/C31H22/c1-2-19-28-24-15-7-3-11-20(24)22-13-5-9-17-26(22)30(28)31-27-18-10-6-14-23(27)21-12-4-8-16-25(21)29(19)31/h3-19H,2H2,1H3. The van der Waals surface area contributed by atoms with E-state index in [-0.39, 0.29) is 0 Å². The first kappa shape index (κ1) is 17.1. The first-order valence-electron chi connectivity index (χ1n) is 11.3. The average Bonchev–Trinajstić information content (AvgIpc) is 3.20. The molecule has 146 valence electrons. The van der Waals surface area contributed by atoms with E-state index >= 15 is 0 Å². The van der Waals surface area contributed by atoms with Gasteiger partial charge >= 0.3 is 0 Å². The lowest BCUT2D eigenvalue weighted by atomic mass is 9.86. The summed E-state index contributed by atoms with van der Waals surface area (Å²) < 4.78 is 0. The third kappa shape index (κ3) is 2.10. The molecule has 0 N–H and O–H groups in total. The fraction of sp³-hybridized carbons (Fsp3) is 0.0968. The lowest BCUT2D eigenvalue weighted by molar-refractivity contribution is 0.810. The predicted octanol–water partition coefficient (Wildman–Crippen LogP) is 8.82. The average molecular weight is 395 g/mol. The molecule has 0 saturated heterocycles. The maximum absolute atomic E-state index is 2.34. The molecule has 0 saturated carbocycles. The summed E-state index contributed by atoms with van der Waals surface area (Å²) in [5, 5.41) is 11.0. The van der Waals surface area contributed by atoms with Crippen LogP contribution in [0.2, 0.25) is 0 Å². The van der Waals surface area contributed by atoms with Crippen LogP contribution < -0.4 is 0 Å². The van der Waals surface area contributed by atoms with Gasteiger partial charge in [0.2, 0.25) is 0 Å². The minimum absolute atomic E-state index is 0.411. The molecule has 31 heavy (non-hydrogen) atoms. The SMILES string of the molecule is CCC1c2c(c3ccccc3c3ccccc23)-c2c1c1ccccc1c1ccccc21. The van der Waals surface area contributed by atoms with Crippen LogP contribution in [0, 0.1) is 0 Å². The molecule has 0 amide bonds. The summed E-state index contributed by atoms with van der Waals surface area (Å²) in [4.78, 5) is 0. The topological polar surface area (TPSA) is 0 Å². The maximum Gasteiger partial charge on any atom is 0.0112 e. The lowest BCUT2D eigenvalue weighted by Crippen LogP contribution is -1.97. The van der Waals surface area contributed by atoms with E-state index in [1.165, 1.54) is 65.3 Å². The van der Waals surface area contributed by atoms with Gasteiger partial charge in [0.1, 0.15) is 0 Å². The molecule has 0 heterocycles. The summed E-state index contributed by atoms with van der Waals surface area (Å²) >= 11 is 0. The van der Waals surface area contributed by atoms with Crippen molar-refractivity contribution in [3.05, 3.63) is 108 Å². The van der Waals surface area contributed by atoms with Gasteiger partial charge in [-0.3, -0.25) is 0 Å². The second kappa shape index (κ2) is 6.18. The second-order valence-electron chi connectivity index (χ2n) is 8.72. The van der Waals surface area contributed by atoms with Crippen molar-refractivity contribution in [2.24, 2.45) is 0 Å². The van der Waals surface area contributed by atoms with Crippen molar-refractivity contribution >= 4 is 43.1 Å². The van der Waals surface area contributed by atoms with Gasteiger partial charge in [0.15, 0.2) is 0 Å². The molecule has 0 nitrogen and oxygen atoms in total. The molecule has 6 aromatic carbocycles. The number of rotatable bonds is 1.